The molecule has 0 bridgehead atoms. The monoisotopic (exact) mass is 523 g/mol. The van der Waals surface area contributed by atoms with E-state index in [4.69, 9.17) is 22.3 Å². The molecule has 0 aromatic rings. The van der Waals surface area contributed by atoms with Crippen LogP contribution in [0.25, 0.3) is 0 Å². The van der Waals surface area contributed by atoms with Crippen molar-refractivity contribution in [2.75, 3.05) is 24.3 Å². The number of aliphatic carboxylic acids is 2. The highest BCUT2D eigenvalue weighted by atomic mass is 32.2. The highest BCUT2D eigenvalue weighted by Crippen LogP contribution is 2.04. The van der Waals surface area contributed by atoms with Crippen LogP contribution in [0.1, 0.15) is 25.7 Å². The fraction of sp³-hybridized carbons (Fsp3) is 0.667. The molecule has 0 aliphatic heterocycles. The number of nitrogens with two attached hydrogens (primary N) is 3. The van der Waals surface area contributed by atoms with Gasteiger partial charge in [-0.05, 0) is 31.3 Å². The van der Waals surface area contributed by atoms with Crippen LogP contribution in [-0.2, 0) is 24.0 Å². The largest absolute Gasteiger partial charge is 0.481 e. The van der Waals surface area contributed by atoms with Gasteiger partial charge < -0.3 is 43.4 Å². The Balaban J connectivity index is 5.33. The summed E-state index contributed by atoms with van der Waals surface area (Å²) in [5, 5.41) is 25.2. The number of amides is 3. The summed E-state index contributed by atoms with van der Waals surface area (Å²) in [5.74, 6) is -4.73. The summed E-state index contributed by atoms with van der Waals surface area (Å²) in [5.41, 5.74) is 16.1. The van der Waals surface area contributed by atoms with Crippen LogP contribution < -0.4 is 33.2 Å². The van der Waals surface area contributed by atoms with E-state index < -0.39 is 60.2 Å². The maximum Gasteiger partial charge on any atom is 0.326 e. The van der Waals surface area contributed by atoms with Crippen molar-refractivity contribution in [3.63, 3.8) is 0 Å². The third-order valence-corrected chi connectivity index (χ3v) is 5.36. The Labute approximate surface area is 206 Å². The predicted molar refractivity (Wildman–Crippen MR) is 130 cm³/mol. The van der Waals surface area contributed by atoms with Crippen molar-refractivity contribution >= 4 is 60.0 Å². The highest BCUT2D eigenvalue weighted by Gasteiger charge is 2.29. The predicted octanol–water partition coefficient (Wildman–Crippen LogP) is -2.94. The van der Waals surface area contributed by atoms with E-state index in [2.05, 4.69) is 33.6 Å². The first-order valence-electron chi connectivity index (χ1n) is 10.2. The molecule has 0 heterocycles. The zero-order valence-electron chi connectivity index (χ0n) is 18.7. The number of nitrogens with one attached hydrogen (secondary N) is 3. The number of thiol groups is 1. The zero-order chi connectivity index (χ0) is 26.3. The van der Waals surface area contributed by atoms with Gasteiger partial charge in [0.2, 0.25) is 17.7 Å². The molecule has 194 valence electrons. The van der Waals surface area contributed by atoms with Crippen molar-refractivity contribution in [2.45, 2.75) is 49.9 Å². The van der Waals surface area contributed by atoms with E-state index in [0.717, 1.165) is 0 Å². The Kier molecular flexibility index (Phi) is 15.5. The molecule has 4 atom stereocenters. The van der Waals surface area contributed by atoms with Gasteiger partial charge in [-0.1, -0.05) is 0 Å². The number of carboxylic acids is 2. The Morgan fingerprint density at radius 3 is 2.00 bits per heavy atom. The Bertz CT molecular complexity index is 750. The lowest BCUT2D eigenvalue weighted by atomic mass is 10.1. The van der Waals surface area contributed by atoms with Crippen LogP contribution in [-0.4, -0.2) is 94.3 Å². The molecule has 0 fully saturated rings. The Morgan fingerprint density at radius 2 is 1.50 bits per heavy atom. The smallest absolute Gasteiger partial charge is 0.326 e. The van der Waals surface area contributed by atoms with E-state index in [1.807, 2.05) is 0 Å². The van der Waals surface area contributed by atoms with E-state index in [1.165, 1.54) is 11.8 Å². The van der Waals surface area contributed by atoms with E-state index in [9.17, 15) is 29.1 Å². The molecule has 0 aliphatic rings. The first-order valence-corrected chi connectivity index (χ1v) is 12.2. The lowest BCUT2D eigenvalue weighted by Gasteiger charge is -2.24. The van der Waals surface area contributed by atoms with E-state index in [-0.39, 0.29) is 37.5 Å². The molecule has 0 rings (SSSR count). The minimum Gasteiger partial charge on any atom is -0.481 e. The Hall–Kier alpha value is -2.72. The molecule has 0 saturated carbocycles. The molecule has 0 radical (unpaired) electrons. The number of thioether (sulfide) groups is 1. The van der Waals surface area contributed by atoms with Crippen LogP contribution in [0.3, 0.4) is 0 Å². The minimum absolute atomic E-state index is 0.0422. The molecule has 0 aliphatic carbocycles. The standard InChI is InChI=1S/C18H33N7O7S2/c1-34-6-4-11(17(31)32)24-16(30)12(8-33)25-15(29)10(3-2-5-22-18(20)21)23-14(28)9(19)7-13(26)27/h9-12,33H,2-8,19H2,1H3,(H,23,28)(H,24,30)(H,25,29)(H,26,27)(H,31,32)(H4,20,21,22). The van der Waals surface area contributed by atoms with Crippen molar-refractivity contribution in [3.05, 3.63) is 0 Å². The number of hydrogen-bond acceptors (Lipinski definition) is 9. The van der Waals surface area contributed by atoms with Crippen LogP contribution in [0.4, 0.5) is 0 Å². The average Bonchev–Trinajstić information content (AvgIpc) is 2.75. The van der Waals surface area contributed by atoms with E-state index >= 15 is 0 Å². The van der Waals surface area contributed by atoms with Gasteiger partial charge in [0, 0.05) is 12.3 Å². The number of rotatable bonds is 17. The van der Waals surface area contributed by atoms with Crippen LogP contribution in [0.5, 0.6) is 0 Å². The summed E-state index contributed by atoms with van der Waals surface area (Å²) in [4.78, 5) is 63.5. The molecule has 3 amide bonds. The summed E-state index contributed by atoms with van der Waals surface area (Å²) in [6, 6.07) is -4.94. The van der Waals surface area contributed by atoms with Crippen molar-refractivity contribution in [1.82, 2.24) is 16.0 Å². The van der Waals surface area contributed by atoms with E-state index in [1.54, 1.807) is 6.26 Å². The second-order valence-electron chi connectivity index (χ2n) is 7.14. The maximum atomic E-state index is 12.8. The molecular weight excluding hydrogens is 490 g/mol. The highest BCUT2D eigenvalue weighted by molar-refractivity contribution is 7.98. The molecule has 0 spiro atoms. The molecule has 34 heavy (non-hydrogen) atoms. The fourth-order valence-electron chi connectivity index (χ4n) is 2.56. The summed E-state index contributed by atoms with van der Waals surface area (Å²) >= 11 is 5.46. The maximum absolute atomic E-state index is 12.8. The summed E-state index contributed by atoms with van der Waals surface area (Å²) in [6.07, 6.45) is 1.63. The summed E-state index contributed by atoms with van der Waals surface area (Å²) in [6.45, 7) is 0.148. The molecule has 14 nitrogen and oxygen atoms in total. The van der Waals surface area contributed by atoms with Gasteiger partial charge in [0.1, 0.15) is 18.1 Å². The van der Waals surface area contributed by atoms with Gasteiger partial charge in [0.15, 0.2) is 5.96 Å². The van der Waals surface area contributed by atoms with Gasteiger partial charge in [-0.15, -0.1) is 0 Å². The zero-order valence-corrected chi connectivity index (χ0v) is 20.4. The van der Waals surface area contributed by atoms with Crippen molar-refractivity contribution < 1.29 is 34.2 Å². The summed E-state index contributed by atoms with van der Waals surface area (Å²) < 4.78 is 0. The van der Waals surface area contributed by atoms with Crippen molar-refractivity contribution in [1.29, 1.82) is 0 Å². The first-order chi connectivity index (χ1) is 15.9. The van der Waals surface area contributed by atoms with Gasteiger partial charge in [-0.25, -0.2) is 4.79 Å². The number of carboxylic acid groups (broad SMARTS) is 2. The third kappa shape index (κ3) is 13.1. The van der Waals surface area contributed by atoms with Gasteiger partial charge >= 0.3 is 11.9 Å². The normalized spacial score (nSPS) is 14.1. The number of nitrogens with zero attached hydrogens (tertiary/aromatic N) is 1. The van der Waals surface area contributed by atoms with Crippen molar-refractivity contribution in [3.8, 4) is 0 Å². The number of hydrogen-bond donors (Lipinski definition) is 9. The van der Waals surface area contributed by atoms with E-state index in [0.29, 0.717) is 5.75 Å². The molecule has 0 saturated heterocycles. The number of carbonyl (C=O) groups is 5. The van der Waals surface area contributed by atoms with Crippen molar-refractivity contribution in [2.24, 2.45) is 22.2 Å². The quantitative estimate of drug-likeness (QED) is 0.0403. The molecule has 0 aromatic heterocycles. The third-order valence-electron chi connectivity index (χ3n) is 4.35. The van der Waals surface area contributed by atoms with Crippen LogP contribution in [0.15, 0.2) is 4.99 Å². The number of aliphatic imine (C=N–C) groups is 1. The molecule has 0 aromatic carbocycles. The SMILES string of the molecule is CSCCC(NC(=O)C(CS)NC(=O)C(CCCN=C(N)N)NC(=O)C(N)CC(=O)O)C(=O)O. The van der Waals surface area contributed by atoms with Crippen LogP contribution in [0, 0.1) is 0 Å². The van der Waals surface area contributed by atoms with Gasteiger partial charge in [-0.3, -0.25) is 24.2 Å². The Morgan fingerprint density at radius 1 is 0.941 bits per heavy atom. The van der Waals surface area contributed by atoms with Gasteiger partial charge in [0.05, 0.1) is 12.5 Å². The molecule has 4 unspecified atom stereocenters. The average molecular weight is 524 g/mol. The second kappa shape index (κ2) is 16.8. The minimum atomic E-state index is -1.40. The van der Waals surface area contributed by atoms with Crippen LogP contribution >= 0.6 is 24.4 Å². The van der Waals surface area contributed by atoms with Crippen LogP contribution in [0.2, 0.25) is 0 Å². The topological polar surface area (TPSA) is 252 Å². The summed E-state index contributed by atoms with van der Waals surface area (Å²) in [7, 11) is 0. The first kappa shape index (κ1) is 31.3. The lowest BCUT2D eigenvalue weighted by molar-refractivity contribution is -0.142. The fourth-order valence-corrected chi connectivity index (χ4v) is 3.29. The molecule has 16 heteroatoms. The lowest BCUT2D eigenvalue weighted by Crippen LogP contribution is -2.57. The number of guanidine groups is 1. The number of carbonyl (C=O) groups excluding carboxylic acids is 3. The molecular formula is C18H33N7O7S2. The second-order valence-corrected chi connectivity index (χ2v) is 8.49. The van der Waals surface area contributed by atoms with Gasteiger partial charge in [0.25, 0.3) is 0 Å². The van der Waals surface area contributed by atoms with Gasteiger partial charge in [-0.2, -0.15) is 24.4 Å². The molecule has 11 N–H and O–H groups in total.